The fourth-order valence-corrected chi connectivity index (χ4v) is 0.265. The van der Waals surface area contributed by atoms with E-state index in [0.29, 0.717) is 12.3 Å². The van der Waals surface area contributed by atoms with Gasteiger partial charge in [0, 0.05) is 13.5 Å². The molecular weight excluding hydrogens is 118 g/mol. The second-order valence-corrected chi connectivity index (χ2v) is 1.51. The molecule has 2 amide bonds. The molecule has 0 aliphatic heterocycles. The summed E-state index contributed by atoms with van der Waals surface area (Å²) in [5, 5.41) is 2.32. The number of nitrogens with two attached hydrogens (primary N) is 1. The lowest BCUT2D eigenvalue weighted by molar-refractivity contribution is 0.251. The van der Waals surface area contributed by atoms with E-state index in [2.05, 4.69) is 10.3 Å². The van der Waals surface area contributed by atoms with Crippen molar-refractivity contribution in [1.29, 1.82) is 0 Å². The Labute approximate surface area is 54.1 Å². The molecule has 0 heterocycles. The number of hydrogen-bond acceptors (Lipinski definition) is 1. The first-order chi connectivity index (χ1) is 4.20. The number of amides is 2. The molecule has 0 aromatic rings. The van der Waals surface area contributed by atoms with Gasteiger partial charge in [-0.15, -0.1) is 0 Å². The smallest absolute Gasteiger partial charge is 0.342 e. The number of hydrogen-bond donors (Lipinski definition) is 2. The van der Waals surface area contributed by atoms with Gasteiger partial charge in [-0.25, -0.2) is 4.79 Å². The van der Waals surface area contributed by atoms with Crippen LogP contribution in [0.25, 0.3) is 0 Å². The minimum absolute atomic E-state index is 0.356. The van der Waals surface area contributed by atoms with Crippen molar-refractivity contribution >= 4 is 11.9 Å². The number of carbonyl (C=O) groups excluding carboxylic acids is 1. The van der Waals surface area contributed by atoms with Crippen molar-refractivity contribution in [2.45, 2.75) is 13.3 Å². The maximum absolute atomic E-state index is 10.4. The average molecular weight is 129 g/mol. The van der Waals surface area contributed by atoms with Crippen molar-refractivity contribution in [2.75, 3.05) is 7.05 Å². The maximum Gasteiger partial charge on any atom is 0.342 e. The Morgan fingerprint density at radius 3 is 2.67 bits per heavy atom. The quantitative estimate of drug-likeness (QED) is 0.389. The van der Waals surface area contributed by atoms with E-state index in [9.17, 15) is 4.79 Å². The fraction of sp³-hybridized carbons (Fsp3) is 0.600. The lowest BCUT2D eigenvalue weighted by Crippen LogP contribution is -2.19. The first-order valence-corrected chi connectivity index (χ1v) is 2.75. The van der Waals surface area contributed by atoms with Gasteiger partial charge in [0.2, 0.25) is 0 Å². The molecule has 4 nitrogen and oxygen atoms in total. The summed E-state index contributed by atoms with van der Waals surface area (Å²) in [6, 6.07) is -0.394. The number of urea groups is 1. The van der Waals surface area contributed by atoms with Crippen LogP contribution in [0.1, 0.15) is 13.3 Å². The lowest BCUT2D eigenvalue weighted by atomic mass is 10.5. The Kier molecular flexibility index (Phi) is 3.43. The monoisotopic (exact) mass is 129 g/mol. The average Bonchev–Trinajstić information content (AvgIpc) is 1.87. The molecule has 0 fully saturated rings. The zero-order chi connectivity index (χ0) is 7.28. The van der Waals surface area contributed by atoms with Crippen LogP contribution in [-0.4, -0.2) is 18.9 Å². The summed E-state index contributed by atoms with van der Waals surface area (Å²) in [5.41, 5.74) is 5.24. The van der Waals surface area contributed by atoms with E-state index >= 15 is 0 Å². The number of amidine groups is 1. The molecule has 0 saturated carbocycles. The van der Waals surface area contributed by atoms with Crippen LogP contribution in [0.4, 0.5) is 4.79 Å². The predicted molar refractivity (Wildman–Crippen MR) is 36.4 cm³/mol. The van der Waals surface area contributed by atoms with Crippen LogP contribution in [0.15, 0.2) is 4.99 Å². The van der Waals surface area contributed by atoms with Crippen molar-refractivity contribution in [3.63, 3.8) is 0 Å². The Hall–Kier alpha value is -1.06. The molecule has 9 heavy (non-hydrogen) atoms. The molecule has 0 unspecified atom stereocenters. The van der Waals surface area contributed by atoms with Crippen molar-refractivity contribution in [1.82, 2.24) is 5.32 Å². The van der Waals surface area contributed by atoms with E-state index < -0.39 is 6.03 Å². The largest absolute Gasteiger partial charge is 0.387 e. The van der Waals surface area contributed by atoms with Crippen molar-refractivity contribution in [2.24, 2.45) is 10.7 Å². The summed E-state index contributed by atoms with van der Waals surface area (Å²) in [5.74, 6) is 0.356. The summed E-state index contributed by atoms with van der Waals surface area (Å²) in [6.07, 6.45) is 0.605. The van der Waals surface area contributed by atoms with Gasteiger partial charge in [0.1, 0.15) is 5.84 Å². The van der Waals surface area contributed by atoms with Crippen molar-refractivity contribution in [3.05, 3.63) is 0 Å². The molecule has 3 N–H and O–H groups in total. The first-order valence-electron chi connectivity index (χ1n) is 2.75. The summed E-state index contributed by atoms with van der Waals surface area (Å²) < 4.78 is 0. The van der Waals surface area contributed by atoms with Gasteiger partial charge in [0.15, 0.2) is 0 Å². The topological polar surface area (TPSA) is 67.5 Å². The van der Waals surface area contributed by atoms with Crippen molar-refractivity contribution in [3.8, 4) is 0 Å². The predicted octanol–water partition coefficient (Wildman–Crippen LogP) is 0.0930. The minimum Gasteiger partial charge on any atom is -0.387 e. The van der Waals surface area contributed by atoms with Gasteiger partial charge in [0.05, 0.1) is 0 Å². The van der Waals surface area contributed by atoms with Gasteiger partial charge < -0.3 is 11.1 Å². The van der Waals surface area contributed by atoms with Crippen LogP contribution in [0, 0.1) is 0 Å². The van der Waals surface area contributed by atoms with Crippen LogP contribution in [0.2, 0.25) is 0 Å². The Bertz CT molecular complexity index is 130. The summed E-state index contributed by atoms with van der Waals surface area (Å²) in [7, 11) is 1.51. The van der Waals surface area contributed by atoms with E-state index in [0.717, 1.165) is 0 Å². The van der Waals surface area contributed by atoms with Crippen molar-refractivity contribution < 1.29 is 4.79 Å². The zero-order valence-electron chi connectivity index (χ0n) is 5.64. The number of carbonyl (C=O) groups is 1. The zero-order valence-corrected chi connectivity index (χ0v) is 5.64. The van der Waals surface area contributed by atoms with E-state index in [-0.39, 0.29) is 0 Å². The summed E-state index contributed by atoms with van der Waals surface area (Å²) >= 11 is 0. The van der Waals surface area contributed by atoms with Crippen LogP contribution >= 0.6 is 0 Å². The lowest BCUT2D eigenvalue weighted by Gasteiger charge is -1.92. The molecule has 0 aliphatic rings. The third-order valence-corrected chi connectivity index (χ3v) is 0.821. The fourth-order valence-electron chi connectivity index (χ4n) is 0.265. The molecule has 0 aliphatic carbocycles. The molecule has 4 heteroatoms. The second kappa shape index (κ2) is 3.88. The first kappa shape index (κ1) is 7.94. The van der Waals surface area contributed by atoms with Crippen LogP contribution in [0.5, 0.6) is 0 Å². The molecule has 0 aromatic heterocycles. The highest BCUT2D eigenvalue weighted by molar-refractivity contribution is 5.92. The SMILES string of the molecule is CC/C(N)=N/C(=O)NC. The van der Waals surface area contributed by atoms with Gasteiger partial charge in [-0.05, 0) is 0 Å². The molecule has 0 aromatic carbocycles. The Morgan fingerprint density at radius 2 is 2.33 bits per heavy atom. The van der Waals surface area contributed by atoms with Crippen LogP contribution in [-0.2, 0) is 0 Å². The third-order valence-electron chi connectivity index (χ3n) is 0.821. The highest BCUT2D eigenvalue weighted by Gasteiger charge is 1.91. The highest BCUT2D eigenvalue weighted by Crippen LogP contribution is 1.77. The van der Waals surface area contributed by atoms with Gasteiger partial charge in [-0.3, -0.25) is 0 Å². The normalized spacial score (nSPS) is 11.1. The summed E-state index contributed by atoms with van der Waals surface area (Å²) in [4.78, 5) is 13.9. The maximum atomic E-state index is 10.4. The molecule has 0 rings (SSSR count). The minimum atomic E-state index is -0.394. The highest BCUT2D eigenvalue weighted by atomic mass is 16.2. The second-order valence-electron chi connectivity index (χ2n) is 1.51. The number of nitrogens with one attached hydrogen (secondary N) is 1. The number of rotatable bonds is 1. The number of nitrogens with zero attached hydrogens (tertiary/aromatic N) is 1. The molecule has 0 radical (unpaired) electrons. The van der Waals surface area contributed by atoms with Gasteiger partial charge in [-0.2, -0.15) is 4.99 Å². The van der Waals surface area contributed by atoms with Crippen LogP contribution < -0.4 is 11.1 Å². The van der Waals surface area contributed by atoms with E-state index in [1.807, 2.05) is 6.92 Å². The van der Waals surface area contributed by atoms with Gasteiger partial charge in [-0.1, -0.05) is 6.92 Å². The van der Waals surface area contributed by atoms with Crippen LogP contribution in [0.3, 0.4) is 0 Å². The van der Waals surface area contributed by atoms with E-state index in [4.69, 9.17) is 5.73 Å². The van der Waals surface area contributed by atoms with E-state index in [1.54, 1.807) is 0 Å². The van der Waals surface area contributed by atoms with Gasteiger partial charge >= 0.3 is 6.03 Å². The molecule has 0 atom stereocenters. The molecule has 0 saturated heterocycles. The summed E-state index contributed by atoms with van der Waals surface area (Å²) in [6.45, 7) is 1.84. The standard InChI is InChI=1S/C5H11N3O/c1-3-4(6)8-5(9)7-2/h3H2,1-2H3,(H3,6,7,8,9). The van der Waals surface area contributed by atoms with E-state index in [1.165, 1.54) is 7.05 Å². The molecular formula is C5H11N3O. The Balaban J connectivity index is 3.79. The molecule has 0 spiro atoms. The van der Waals surface area contributed by atoms with Gasteiger partial charge in [0.25, 0.3) is 0 Å². The Morgan fingerprint density at radius 1 is 1.78 bits per heavy atom. The third kappa shape index (κ3) is 3.52. The number of aliphatic imine (C=N–C) groups is 1. The molecule has 0 bridgehead atoms. The molecule has 52 valence electrons.